The van der Waals surface area contributed by atoms with Gasteiger partial charge in [0.1, 0.15) is 17.1 Å². The number of phenols is 1. The molecule has 0 amide bonds. The minimum atomic E-state index is -1.44. The fraction of sp³-hybridized carbons (Fsp3) is 0.682. The first-order valence-corrected chi connectivity index (χ1v) is 10.4. The van der Waals surface area contributed by atoms with Gasteiger partial charge in [0.05, 0.1) is 32.8 Å². The van der Waals surface area contributed by atoms with Crippen molar-refractivity contribution in [1.82, 2.24) is 0 Å². The predicted octanol–water partition coefficient (Wildman–Crippen LogP) is 2.75. The molecule has 0 radical (unpaired) electrons. The van der Waals surface area contributed by atoms with Gasteiger partial charge in [0.25, 0.3) is 0 Å². The van der Waals surface area contributed by atoms with Crippen molar-refractivity contribution in [2.75, 3.05) is 26.9 Å². The van der Waals surface area contributed by atoms with Crippen LogP contribution in [0.15, 0.2) is 12.1 Å². The normalized spacial score (nSPS) is 27.7. The van der Waals surface area contributed by atoms with Crippen LogP contribution in [0.4, 0.5) is 0 Å². The van der Waals surface area contributed by atoms with Crippen LogP contribution < -0.4 is 4.74 Å². The number of phenolic OH excluding ortho intramolecular Hbond substituents is 1. The molecule has 1 saturated heterocycles. The van der Waals surface area contributed by atoms with Crippen LogP contribution in [0, 0.1) is 5.92 Å². The summed E-state index contributed by atoms with van der Waals surface area (Å²) in [4.78, 5) is 12.6. The van der Waals surface area contributed by atoms with Crippen LogP contribution in [0.5, 0.6) is 11.5 Å². The topological polar surface area (TPSA) is 94.5 Å². The third-order valence-electron chi connectivity index (χ3n) is 7.06. The van der Waals surface area contributed by atoms with Crippen LogP contribution in [0.3, 0.4) is 0 Å². The lowest BCUT2D eigenvalue weighted by molar-refractivity contribution is -0.188. The Hall–Kier alpha value is -1.83. The smallest absolute Gasteiger partial charge is 0.311 e. The maximum absolute atomic E-state index is 12.6. The van der Waals surface area contributed by atoms with Gasteiger partial charge in [-0.3, -0.25) is 4.79 Å². The number of benzene rings is 1. The minimum absolute atomic E-state index is 0.0849. The molecule has 4 rings (SSSR count). The second-order valence-electron chi connectivity index (χ2n) is 8.53. The zero-order chi connectivity index (χ0) is 20.9. The van der Waals surface area contributed by atoms with Crippen molar-refractivity contribution in [1.29, 1.82) is 0 Å². The predicted molar refractivity (Wildman–Crippen MR) is 104 cm³/mol. The summed E-state index contributed by atoms with van der Waals surface area (Å²) in [5, 5.41) is 22.2. The Bertz CT molecular complexity index is 789. The highest BCUT2D eigenvalue weighted by Crippen LogP contribution is 2.62. The molecule has 160 valence electrons. The first-order valence-electron chi connectivity index (χ1n) is 10.4. The van der Waals surface area contributed by atoms with Crippen molar-refractivity contribution in [2.45, 2.75) is 62.8 Å². The zero-order valence-corrected chi connectivity index (χ0v) is 17.3. The number of fused-ring (bicyclic) bond motifs is 2. The van der Waals surface area contributed by atoms with Gasteiger partial charge < -0.3 is 29.2 Å². The van der Waals surface area contributed by atoms with Crippen LogP contribution >= 0.6 is 0 Å². The Kier molecular flexibility index (Phi) is 5.04. The average molecular weight is 406 g/mol. The summed E-state index contributed by atoms with van der Waals surface area (Å²) >= 11 is 0. The Balaban J connectivity index is 1.77. The van der Waals surface area contributed by atoms with Crippen LogP contribution in [0.1, 0.15) is 57.1 Å². The molecule has 0 aromatic heterocycles. The molecule has 1 aromatic rings. The number of esters is 1. The number of aliphatic hydroxyl groups is 1. The van der Waals surface area contributed by atoms with Gasteiger partial charge in [0.15, 0.2) is 5.79 Å². The van der Waals surface area contributed by atoms with E-state index in [1.807, 2.05) is 0 Å². The molecule has 1 aromatic carbocycles. The molecule has 29 heavy (non-hydrogen) atoms. The van der Waals surface area contributed by atoms with Crippen LogP contribution in [0.25, 0.3) is 0 Å². The van der Waals surface area contributed by atoms with Gasteiger partial charge in [-0.15, -0.1) is 0 Å². The molecular formula is C22H30O7. The maximum Gasteiger partial charge on any atom is 0.311 e. The highest BCUT2D eigenvalue weighted by atomic mass is 16.7. The van der Waals surface area contributed by atoms with Crippen molar-refractivity contribution in [3.05, 3.63) is 23.3 Å². The van der Waals surface area contributed by atoms with Gasteiger partial charge in [-0.05, 0) is 50.2 Å². The SMILES string of the molecule is CCOC(=O)C(C)C1(O)CC2(CCC3(CC2)OCCO3)c2cc(O)cc(OC)c21. The van der Waals surface area contributed by atoms with Crippen molar-refractivity contribution >= 4 is 5.97 Å². The average Bonchev–Trinajstić information content (AvgIpc) is 3.26. The molecule has 2 aliphatic carbocycles. The second-order valence-corrected chi connectivity index (χ2v) is 8.53. The quantitative estimate of drug-likeness (QED) is 0.743. The monoisotopic (exact) mass is 406 g/mol. The van der Waals surface area contributed by atoms with Crippen molar-refractivity contribution < 1.29 is 34.0 Å². The second kappa shape index (κ2) is 7.15. The number of rotatable bonds is 4. The Morgan fingerprint density at radius 2 is 1.86 bits per heavy atom. The molecule has 2 fully saturated rings. The van der Waals surface area contributed by atoms with E-state index in [9.17, 15) is 15.0 Å². The molecule has 0 bridgehead atoms. The molecule has 2 spiro atoms. The first kappa shape index (κ1) is 20.4. The molecule has 3 aliphatic rings. The fourth-order valence-corrected chi connectivity index (χ4v) is 5.50. The van der Waals surface area contributed by atoms with Gasteiger partial charge in [0.2, 0.25) is 0 Å². The van der Waals surface area contributed by atoms with Crippen molar-refractivity contribution in [3.8, 4) is 11.5 Å². The summed E-state index contributed by atoms with van der Waals surface area (Å²) in [6, 6.07) is 3.20. The summed E-state index contributed by atoms with van der Waals surface area (Å²) in [7, 11) is 1.51. The lowest BCUT2D eigenvalue weighted by Crippen LogP contribution is -2.44. The minimum Gasteiger partial charge on any atom is -0.508 e. The van der Waals surface area contributed by atoms with E-state index in [-0.39, 0.29) is 12.4 Å². The molecule has 1 saturated carbocycles. The Morgan fingerprint density at radius 1 is 1.21 bits per heavy atom. The molecule has 2 N–H and O–H groups in total. The van der Waals surface area contributed by atoms with E-state index in [2.05, 4.69) is 0 Å². The molecule has 2 atom stereocenters. The van der Waals surface area contributed by atoms with Crippen LogP contribution in [0.2, 0.25) is 0 Å². The molecule has 2 unspecified atom stereocenters. The van der Waals surface area contributed by atoms with Gasteiger partial charge in [0, 0.05) is 24.5 Å². The van der Waals surface area contributed by atoms with Gasteiger partial charge in [-0.1, -0.05) is 0 Å². The molecule has 1 aliphatic heterocycles. The molecular weight excluding hydrogens is 376 g/mol. The summed E-state index contributed by atoms with van der Waals surface area (Å²) in [5.74, 6) is -1.28. The molecule has 7 nitrogen and oxygen atoms in total. The van der Waals surface area contributed by atoms with E-state index in [4.69, 9.17) is 18.9 Å². The third-order valence-corrected chi connectivity index (χ3v) is 7.06. The van der Waals surface area contributed by atoms with E-state index in [0.29, 0.717) is 43.8 Å². The van der Waals surface area contributed by atoms with Gasteiger partial charge >= 0.3 is 5.97 Å². The number of carbonyl (C=O) groups excluding carboxylic acids is 1. The standard InChI is InChI=1S/C22H30O7/c1-4-27-19(24)14(2)22(25)13-20(5-7-21(8-6-20)28-9-10-29-21)16-11-15(23)12-17(26-3)18(16)22/h11-12,14,23,25H,4-10,13H2,1-3H3. The largest absolute Gasteiger partial charge is 0.508 e. The number of hydrogen-bond acceptors (Lipinski definition) is 7. The Morgan fingerprint density at radius 3 is 2.45 bits per heavy atom. The number of carbonyl (C=O) groups is 1. The van der Waals surface area contributed by atoms with E-state index in [1.165, 1.54) is 13.2 Å². The fourth-order valence-electron chi connectivity index (χ4n) is 5.50. The molecule has 1 heterocycles. The summed E-state index contributed by atoms with van der Waals surface area (Å²) in [6.45, 7) is 4.89. The van der Waals surface area contributed by atoms with E-state index < -0.39 is 28.7 Å². The van der Waals surface area contributed by atoms with Crippen LogP contribution in [-0.2, 0) is 30.0 Å². The highest BCUT2D eigenvalue weighted by molar-refractivity contribution is 5.75. The number of hydrogen-bond donors (Lipinski definition) is 2. The highest BCUT2D eigenvalue weighted by Gasteiger charge is 2.60. The zero-order valence-electron chi connectivity index (χ0n) is 17.3. The Labute approximate surface area is 170 Å². The lowest BCUT2D eigenvalue weighted by Gasteiger charge is -2.43. The van der Waals surface area contributed by atoms with Gasteiger partial charge in [-0.2, -0.15) is 0 Å². The number of methoxy groups -OCH3 is 1. The lowest BCUT2D eigenvalue weighted by atomic mass is 9.67. The number of aromatic hydroxyl groups is 1. The van der Waals surface area contributed by atoms with E-state index >= 15 is 0 Å². The van der Waals surface area contributed by atoms with Crippen molar-refractivity contribution in [2.24, 2.45) is 5.92 Å². The van der Waals surface area contributed by atoms with E-state index in [1.54, 1.807) is 19.9 Å². The summed E-state index contributed by atoms with van der Waals surface area (Å²) in [5.41, 5.74) is -0.400. The van der Waals surface area contributed by atoms with Crippen molar-refractivity contribution in [3.63, 3.8) is 0 Å². The van der Waals surface area contributed by atoms with Crippen LogP contribution in [-0.4, -0.2) is 48.9 Å². The summed E-state index contributed by atoms with van der Waals surface area (Å²) in [6.07, 6.45) is 3.22. The third kappa shape index (κ3) is 3.10. The summed E-state index contributed by atoms with van der Waals surface area (Å²) < 4.78 is 22.5. The number of ether oxygens (including phenoxy) is 4. The van der Waals surface area contributed by atoms with E-state index in [0.717, 1.165) is 18.4 Å². The molecule has 7 heteroatoms. The van der Waals surface area contributed by atoms with Gasteiger partial charge in [-0.25, -0.2) is 0 Å². The first-order chi connectivity index (χ1) is 13.8. The maximum atomic E-state index is 12.6.